The SMILES string of the molecule is CCOC(=O)[C@H]1C[C@]1(C)/C=C/C(=O)OC. The van der Waals surface area contributed by atoms with Crippen LogP contribution in [0.5, 0.6) is 0 Å². The monoisotopic (exact) mass is 212 g/mol. The Bertz CT molecular complexity index is 295. The number of ether oxygens (including phenoxy) is 2. The zero-order valence-corrected chi connectivity index (χ0v) is 9.28. The van der Waals surface area contributed by atoms with Gasteiger partial charge in [-0.15, -0.1) is 0 Å². The molecule has 4 nitrogen and oxygen atoms in total. The Labute approximate surface area is 89.2 Å². The maximum absolute atomic E-state index is 11.4. The van der Waals surface area contributed by atoms with Gasteiger partial charge in [-0.05, 0) is 13.3 Å². The van der Waals surface area contributed by atoms with Crippen LogP contribution >= 0.6 is 0 Å². The van der Waals surface area contributed by atoms with Crippen molar-refractivity contribution in [2.24, 2.45) is 11.3 Å². The van der Waals surface area contributed by atoms with E-state index in [2.05, 4.69) is 4.74 Å². The normalized spacial score (nSPS) is 28.9. The molecule has 0 unspecified atom stereocenters. The largest absolute Gasteiger partial charge is 0.466 e. The van der Waals surface area contributed by atoms with E-state index in [1.807, 2.05) is 6.92 Å². The second-order valence-corrected chi connectivity index (χ2v) is 3.87. The van der Waals surface area contributed by atoms with Crippen LogP contribution in [0.15, 0.2) is 12.2 Å². The molecule has 0 amide bonds. The average molecular weight is 212 g/mol. The molecule has 1 fully saturated rings. The summed E-state index contributed by atoms with van der Waals surface area (Å²) in [4.78, 5) is 22.2. The number of carbonyl (C=O) groups excluding carboxylic acids is 2. The topological polar surface area (TPSA) is 52.6 Å². The summed E-state index contributed by atoms with van der Waals surface area (Å²) in [5.41, 5.74) is -0.236. The first-order valence-electron chi connectivity index (χ1n) is 4.97. The van der Waals surface area contributed by atoms with Crippen molar-refractivity contribution in [3.63, 3.8) is 0 Å². The molecule has 0 aromatic rings. The third kappa shape index (κ3) is 2.81. The smallest absolute Gasteiger partial charge is 0.330 e. The molecule has 84 valence electrons. The van der Waals surface area contributed by atoms with Crippen molar-refractivity contribution in [2.45, 2.75) is 20.3 Å². The molecule has 0 aliphatic heterocycles. The van der Waals surface area contributed by atoms with E-state index < -0.39 is 5.97 Å². The summed E-state index contributed by atoms with van der Waals surface area (Å²) >= 11 is 0. The Morgan fingerprint density at radius 1 is 1.53 bits per heavy atom. The number of allylic oxidation sites excluding steroid dienone is 1. The minimum atomic E-state index is -0.397. The fourth-order valence-electron chi connectivity index (χ4n) is 1.49. The Balaban J connectivity index is 2.48. The van der Waals surface area contributed by atoms with Crippen LogP contribution in [0.3, 0.4) is 0 Å². The molecule has 2 atom stereocenters. The summed E-state index contributed by atoms with van der Waals surface area (Å²) in [6, 6.07) is 0. The van der Waals surface area contributed by atoms with Crippen molar-refractivity contribution < 1.29 is 19.1 Å². The van der Waals surface area contributed by atoms with E-state index in [1.54, 1.807) is 13.0 Å². The second kappa shape index (κ2) is 4.47. The molecule has 1 rings (SSSR count). The Morgan fingerprint density at radius 2 is 2.20 bits per heavy atom. The zero-order valence-electron chi connectivity index (χ0n) is 9.28. The molecule has 0 aromatic heterocycles. The van der Waals surface area contributed by atoms with Crippen LogP contribution in [-0.4, -0.2) is 25.7 Å². The molecular weight excluding hydrogens is 196 g/mol. The van der Waals surface area contributed by atoms with Gasteiger partial charge in [0.15, 0.2) is 0 Å². The van der Waals surface area contributed by atoms with Crippen LogP contribution in [0.25, 0.3) is 0 Å². The van der Waals surface area contributed by atoms with E-state index in [0.29, 0.717) is 6.61 Å². The minimum Gasteiger partial charge on any atom is -0.466 e. The number of hydrogen-bond acceptors (Lipinski definition) is 4. The van der Waals surface area contributed by atoms with Crippen LogP contribution in [0.2, 0.25) is 0 Å². The molecular formula is C11H16O4. The molecule has 0 bridgehead atoms. The fraction of sp³-hybridized carbons (Fsp3) is 0.636. The highest BCUT2D eigenvalue weighted by molar-refractivity contribution is 5.83. The van der Waals surface area contributed by atoms with Crippen molar-refractivity contribution >= 4 is 11.9 Å². The first-order valence-corrected chi connectivity index (χ1v) is 4.97. The van der Waals surface area contributed by atoms with Gasteiger partial charge in [0.25, 0.3) is 0 Å². The number of rotatable bonds is 4. The van der Waals surface area contributed by atoms with Crippen LogP contribution in [-0.2, 0) is 19.1 Å². The first-order chi connectivity index (χ1) is 7.03. The van der Waals surface area contributed by atoms with E-state index >= 15 is 0 Å². The van der Waals surface area contributed by atoms with Crippen LogP contribution in [0, 0.1) is 11.3 Å². The van der Waals surface area contributed by atoms with Gasteiger partial charge in [-0.3, -0.25) is 4.79 Å². The Morgan fingerprint density at radius 3 is 2.73 bits per heavy atom. The fourth-order valence-corrected chi connectivity index (χ4v) is 1.49. The molecule has 15 heavy (non-hydrogen) atoms. The number of methoxy groups -OCH3 is 1. The maximum atomic E-state index is 11.4. The second-order valence-electron chi connectivity index (χ2n) is 3.87. The van der Waals surface area contributed by atoms with Gasteiger partial charge in [0.05, 0.1) is 19.6 Å². The van der Waals surface area contributed by atoms with E-state index in [-0.39, 0.29) is 17.3 Å². The summed E-state index contributed by atoms with van der Waals surface area (Å²) in [5, 5.41) is 0. The van der Waals surface area contributed by atoms with Gasteiger partial charge in [-0.2, -0.15) is 0 Å². The van der Waals surface area contributed by atoms with Gasteiger partial charge >= 0.3 is 11.9 Å². The van der Waals surface area contributed by atoms with Crippen molar-refractivity contribution in [2.75, 3.05) is 13.7 Å². The Hall–Kier alpha value is -1.32. The van der Waals surface area contributed by atoms with Gasteiger partial charge in [0.2, 0.25) is 0 Å². The molecule has 1 aliphatic carbocycles. The molecule has 1 saturated carbocycles. The molecule has 4 heteroatoms. The van der Waals surface area contributed by atoms with Gasteiger partial charge in [-0.25, -0.2) is 4.79 Å². The average Bonchev–Trinajstić information content (AvgIpc) is 2.88. The summed E-state index contributed by atoms with van der Waals surface area (Å²) < 4.78 is 9.38. The third-order valence-electron chi connectivity index (χ3n) is 2.65. The van der Waals surface area contributed by atoms with Gasteiger partial charge in [-0.1, -0.05) is 13.0 Å². The quantitative estimate of drug-likeness (QED) is 0.520. The maximum Gasteiger partial charge on any atom is 0.330 e. The summed E-state index contributed by atoms with van der Waals surface area (Å²) in [6.45, 7) is 4.10. The molecule has 0 spiro atoms. The molecule has 0 aromatic carbocycles. The van der Waals surface area contributed by atoms with E-state index in [4.69, 9.17) is 4.74 Å². The summed E-state index contributed by atoms with van der Waals surface area (Å²) in [6.07, 6.45) is 3.82. The molecule has 0 saturated heterocycles. The van der Waals surface area contributed by atoms with Gasteiger partial charge in [0.1, 0.15) is 0 Å². The number of carbonyl (C=O) groups is 2. The lowest BCUT2D eigenvalue weighted by Crippen LogP contribution is -2.10. The molecule has 1 aliphatic rings. The predicted molar refractivity (Wildman–Crippen MR) is 54.0 cm³/mol. The highest BCUT2D eigenvalue weighted by Gasteiger charge is 2.53. The molecule has 0 radical (unpaired) electrons. The summed E-state index contributed by atoms with van der Waals surface area (Å²) in [5.74, 6) is -0.696. The minimum absolute atomic E-state index is 0.113. The first kappa shape index (κ1) is 11.8. The van der Waals surface area contributed by atoms with Crippen LogP contribution < -0.4 is 0 Å². The zero-order chi connectivity index (χ0) is 11.5. The third-order valence-corrected chi connectivity index (χ3v) is 2.65. The van der Waals surface area contributed by atoms with E-state index in [0.717, 1.165) is 6.42 Å². The van der Waals surface area contributed by atoms with Gasteiger partial charge < -0.3 is 9.47 Å². The van der Waals surface area contributed by atoms with Crippen molar-refractivity contribution in [1.82, 2.24) is 0 Å². The lowest BCUT2D eigenvalue weighted by molar-refractivity contribution is -0.145. The van der Waals surface area contributed by atoms with E-state index in [1.165, 1.54) is 13.2 Å². The van der Waals surface area contributed by atoms with Crippen molar-refractivity contribution in [3.8, 4) is 0 Å². The highest BCUT2D eigenvalue weighted by Crippen LogP contribution is 2.53. The number of esters is 2. The number of hydrogen-bond donors (Lipinski definition) is 0. The lowest BCUT2D eigenvalue weighted by Gasteiger charge is -2.04. The predicted octanol–water partition coefficient (Wildman–Crippen LogP) is 1.30. The standard InChI is InChI=1S/C11H16O4/c1-4-15-10(13)8-7-11(8,2)6-5-9(12)14-3/h5-6,8H,4,7H2,1-3H3/b6-5+/t8-,11+/m1/s1. The summed E-state index contributed by atoms with van der Waals surface area (Å²) in [7, 11) is 1.32. The molecule has 0 N–H and O–H groups in total. The molecule has 0 heterocycles. The van der Waals surface area contributed by atoms with Crippen LogP contribution in [0.1, 0.15) is 20.3 Å². The van der Waals surface area contributed by atoms with E-state index in [9.17, 15) is 9.59 Å². The van der Waals surface area contributed by atoms with Gasteiger partial charge in [0, 0.05) is 11.5 Å². The Kier molecular flexibility index (Phi) is 3.50. The van der Waals surface area contributed by atoms with Crippen molar-refractivity contribution in [1.29, 1.82) is 0 Å². The van der Waals surface area contributed by atoms with Crippen molar-refractivity contribution in [3.05, 3.63) is 12.2 Å². The van der Waals surface area contributed by atoms with Crippen LogP contribution in [0.4, 0.5) is 0 Å². The lowest BCUT2D eigenvalue weighted by atomic mass is 10.1. The highest BCUT2D eigenvalue weighted by atomic mass is 16.5.